The van der Waals surface area contributed by atoms with Crippen LogP contribution in [0.1, 0.15) is 5.56 Å². The van der Waals surface area contributed by atoms with E-state index in [9.17, 15) is 4.79 Å². The highest BCUT2D eigenvalue weighted by molar-refractivity contribution is 5.90. The third kappa shape index (κ3) is 2.94. The average Bonchev–Trinajstić information content (AvgIpc) is 3.05. The van der Waals surface area contributed by atoms with Gasteiger partial charge in [-0.1, -0.05) is 12.1 Å². The molecule has 3 heterocycles. The Kier molecular flexibility index (Phi) is 4.16. The number of piperazine rings is 1. The number of ether oxygens (including phenoxy) is 1. The number of aryl methyl sites for hydroxylation is 1. The highest BCUT2D eigenvalue weighted by atomic mass is 16.5. The van der Waals surface area contributed by atoms with Gasteiger partial charge in [0.2, 0.25) is 5.91 Å². The van der Waals surface area contributed by atoms with Gasteiger partial charge in [-0.05, 0) is 17.7 Å². The van der Waals surface area contributed by atoms with Crippen LogP contribution in [0.25, 0.3) is 11.0 Å². The highest BCUT2D eigenvalue weighted by Gasteiger charge is 2.26. The van der Waals surface area contributed by atoms with Gasteiger partial charge in [0.25, 0.3) is 0 Å². The Bertz CT molecular complexity index is 954. The molecule has 1 aliphatic rings. The van der Waals surface area contributed by atoms with E-state index in [2.05, 4.69) is 15.1 Å². The monoisotopic (exact) mass is 352 g/mol. The number of hydrogen-bond donors (Lipinski definition) is 0. The van der Waals surface area contributed by atoms with Crippen LogP contribution in [0.2, 0.25) is 0 Å². The summed E-state index contributed by atoms with van der Waals surface area (Å²) in [6.07, 6.45) is 3.27. The topological polar surface area (TPSA) is 76.4 Å². The molecule has 0 bridgehead atoms. The fourth-order valence-electron chi connectivity index (χ4n) is 3.25. The lowest BCUT2D eigenvalue weighted by atomic mass is 10.2. The van der Waals surface area contributed by atoms with Gasteiger partial charge in [-0.2, -0.15) is 5.10 Å². The summed E-state index contributed by atoms with van der Waals surface area (Å²) in [6, 6.07) is 7.81. The number of benzene rings is 1. The molecule has 0 radical (unpaired) electrons. The second-order valence-electron chi connectivity index (χ2n) is 6.29. The molecule has 1 amide bonds. The van der Waals surface area contributed by atoms with Crippen molar-refractivity contribution in [3.63, 3.8) is 0 Å². The number of fused-ring (bicyclic) bond motifs is 1. The van der Waals surface area contributed by atoms with Crippen LogP contribution in [0, 0.1) is 0 Å². The molecule has 4 rings (SSSR count). The summed E-state index contributed by atoms with van der Waals surface area (Å²) in [4.78, 5) is 25.2. The van der Waals surface area contributed by atoms with E-state index in [0.29, 0.717) is 19.6 Å². The molecule has 0 saturated carbocycles. The first kappa shape index (κ1) is 16.3. The first-order chi connectivity index (χ1) is 12.7. The molecule has 3 aromatic rings. The van der Waals surface area contributed by atoms with E-state index in [4.69, 9.17) is 4.74 Å². The lowest BCUT2D eigenvalue weighted by molar-refractivity contribution is -0.131. The van der Waals surface area contributed by atoms with Crippen LogP contribution in [-0.2, 0) is 18.4 Å². The number of carbonyl (C=O) groups is 1. The van der Waals surface area contributed by atoms with Gasteiger partial charge in [-0.15, -0.1) is 0 Å². The van der Waals surface area contributed by atoms with Gasteiger partial charge < -0.3 is 14.5 Å². The second-order valence-corrected chi connectivity index (χ2v) is 6.29. The SMILES string of the molecule is COc1cccc(CN2CCN(c3ncnc4c3cnn4C)CC2=O)c1. The molecule has 1 aliphatic heterocycles. The summed E-state index contributed by atoms with van der Waals surface area (Å²) in [5.41, 5.74) is 1.82. The van der Waals surface area contributed by atoms with E-state index < -0.39 is 0 Å². The summed E-state index contributed by atoms with van der Waals surface area (Å²) in [5, 5.41) is 5.10. The molecule has 0 unspecified atom stereocenters. The van der Waals surface area contributed by atoms with Crippen molar-refractivity contribution in [3.8, 4) is 5.75 Å². The molecule has 1 fully saturated rings. The molecule has 1 saturated heterocycles. The van der Waals surface area contributed by atoms with Crippen molar-refractivity contribution in [1.82, 2.24) is 24.6 Å². The zero-order valence-electron chi connectivity index (χ0n) is 14.8. The van der Waals surface area contributed by atoms with Gasteiger partial charge in [-0.25, -0.2) is 9.97 Å². The minimum Gasteiger partial charge on any atom is -0.497 e. The zero-order valence-corrected chi connectivity index (χ0v) is 14.8. The van der Waals surface area contributed by atoms with Crippen LogP contribution in [0.5, 0.6) is 5.75 Å². The van der Waals surface area contributed by atoms with Crippen LogP contribution < -0.4 is 9.64 Å². The maximum absolute atomic E-state index is 12.7. The van der Waals surface area contributed by atoms with Crippen molar-refractivity contribution in [2.24, 2.45) is 7.05 Å². The maximum atomic E-state index is 12.7. The number of carbonyl (C=O) groups excluding carboxylic acids is 1. The van der Waals surface area contributed by atoms with Gasteiger partial charge in [0.05, 0.1) is 25.2 Å². The molecule has 2 aromatic heterocycles. The number of rotatable bonds is 4. The van der Waals surface area contributed by atoms with Crippen LogP contribution in [-0.4, -0.2) is 57.3 Å². The van der Waals surface area contributed by atoms with Crippen LogP contribution in [0.4, 0.5) is 5.82 Å². The molecule has 8 nitrogen and oxygen atoms in total. The lowest BCUT2D eigenvalue weighted by Gasteiger charge is -2.35. The van der Waals surface area contributed by atoms with E-state index in [0.717, 1.165) is 34.7 Å². The molecule has 8 heteroatoms. The molecular formula is C18H20N6O2. The van der Waals surface area contributed by atoms with Gasteiger partial charge in [0.1, 0.15) is 17.9 Å². The maximum Gasteiger partial charge on any atom is 0.242 e. The molecule has 134 valence electrons. The Labute approximate surface area is 151 Å². The number of anilines is 1. The number of hydrogen-bond acceptors (Lipinski definition) is 6. The third-order valence-corrected chi connectivity index (χ3v) is 4.63. The van der Waals surface area contributed by atoms with Crippen LogP contribution in [0.3, 0.4) is 0 Å². The van der Waals surface area contributed by atoms with E-state index >= 15 is 0 Å². The Hall–Kier alpha value is -3.16. The fourth-order valence-corrected chi connectivity index (χ4v) is 3.25. The van der Waals surface area contributed by atoms with Gasteiger partial charge >= 0.3 is 0 Å². The van der Waals surface area contributed by atoms with Gasteiger partial charge in [0, 0.05) is 26.7 Å². The number of methoxy groups -OCH3 is 1. The molecule has 0 spiro atoms. The van der Waals surface area contributed by atoms with Crippen molar-refractivity contribution < 1.29 is 9.53 Å². The number of aromatic nitrogens is 4. The largest absolute Gasteiger partial charge is 0.497 e. The fraction of sp³-hybridized carbons (Fsp3) is 0.333. The normalized spacial score (nSPS) is 14.9. The van der Waals surface area contributed by atoms with E-state index in [1.54, 1.807) is 18.0 Å². The van der Waals surface area contributed by atoms with Crippen molar-refractivity contribution in [3.05, 3.63) is 42.4 Å². The summed E-state index contributed by atoms with van der Waals surface area (Å²) in [5.74, 6) is 1.64. The molecule has 26 heavy (non-hydrogen) atoms. The predicted octanol–water partition coefficient (Wildman–Crippen LogP) is 1.22. The molecule has 0 aliphatic carbocycles. The van der Waals surface area contributed by atoms with Gasteiger partial charge in [-0.3, -0.25) is 9.48 Å². The first-order valence-electron chi connectivity index (χ1n) is 8.44. The summed E-state index contributed by atoms with van der Waals surface area (Å²) in [6.45, 7) is 2.24. The van der Waals surface area contributed by atoms with E-state index in [1.165, 1.54) is 6.33 Å². The summed E-state index contributed by atoms with van der Waals surface area (Å²) in [7, 11) is 3.49. The van der Waals surface area contributed by atoms with E-state index in [-0.39, 0.29) is 5.91 Å². The van der Waals surface area contributed by atoms with Crippen LogP contribution >= 0.6 is 0 Å². The Morgan fingerprint density at radius 2 is 2.12 bits per heavy atom. The smallest absolute Gasteiger partial charge is 0.242 e. The number of nitrogens with zero attached hydrogens (tertiary/aromatic N) is 6. The minimum absolute atomic E-state index is 0.0784. The second kappa shape index (κ2) is 6.62. The minimum atomic E-state index is 0.0784. The lowest BCUT2D eigenvalue weighted by Crippen LogP contribution is -2.50. The van der Waals surface area contributed by atoms with E-state index in [1.807, 2.05) is 41.1 Å². The first-order valence-corrected chi connectivity index (χ1v) is 8.44. The molecule has 0 atom stereocenters. The van der Waals surface area contributed by atoms with Crippen molar-refractivity contribution in [1.29, 1.82) is 0 Å². The number of amides is 1. The average molecular weight is 352 g/mol. The van der Waals surface area contributed by atoms with Crippen molar-refractivity contribution in [2.45, 2.75) is 6.54 Å². The highest BCUT2D eigenvalue weighted by Crippen LogP contribution is 2.24. The van der Waals surface area contributed by atoms with Crippen molar-refractivity contribution in [2.75, 3.05) is 31.6 Å². The Morgan fingerprint density at radius 1 is 1.23 bits per heavy atom. The Balaban J connectivity index is 1.50. The quantitative estimate of drug-likeness (QED) is 0.703. The summed E-state index contributed by atoms with van der Waals surface area (Å²) >= 11 is 0. The molecule has 1 aromatic carbocycles. The van der Waals surface area contributed by atoms with Crippen molar-refractivity contribution >= 4 is 22.8 Å². The summed E-state index contributed by atoms with van der Waals surface area (Å²) < 4.78 is 6.96. The van der Waals surface area contributed by atoms with Gasteiger partial charge in [0.15, 0.2) is 5.65 Å². The molecule has 0 N–H and O–H groups in total. The van der Waals surface area contributed by atoms with Crippen LogP contribution in [0.15, 0.2) is 36.8 Å². The standard InChI is InChI=1S/C18H20N6O2/c1-22-17-15(9-21-22)18(20-12-19-17)24-7-6-23(16(25)11-24)10-13-4-3-5-14(8-13)26-2/h3-5,8-9,12H,6-7,10-11H2,1-2H3. The molecular weight excluding hydrogens is 332 g/mol. The predicted molar refractivity (Wildman–Crippen MR) is 96.9 cm³/mol. The zero-order chi connectivity index (χ0) is 18.1. The third-order valence-electron chi connectivity index (χ3n) is 4.63. The Morgan fingerprint density at radius 3 is 2.92 bits per heavy atom.